The van der Waals surface area contributed by atoms with E-state index in [1.807, 2.05) is 0 Å². The molecule has 1 aliphatic heterocycles. The van der Waals surface area contributed by atoms with Gasteiger partial charge in [0.25, 0.3) is 0 Å². The predicted molar refractivity (Wildman–Crippen MR) is 69.3 cm³/mol. The maximum atomic E-state index is 12.7. The summed E-state index contributed by atoms with van der Waals surface area (Å²) in [5.41, 5.74) is -0.861. The second-order valence-electron chi connectivity index (χ2n) is 5.51. The number of hydrogen-bond acceptors (Lipinski definition) is 4. The number of rotatable bonds is 5. The first-order valence-corrected chi connectivity index (χ1v) is 6.79. The van der Waals surface area contributed by atoms with Crippen LogP contribution in [0.15, 0.2) is 0 Å². The van der Waals surface area contributed by atoms with Gasteiger partial charge in [-0.15, -0.1) is 0 Å². The Morgan fingerprint density at radius 2 is 2.10 bits per heavy atom. The van der Waals surface area contributed by atoms with Gasteiger partial charge in [-0.2, -0.15) is 13.2 Å². The van der Waals surface area contributed by atoms with Gasteiger partial charge < -0.3 is 15.0 Å². The number of piperidine rings is 1. The molecule has 0 aliphatic carbocycles. The molecule has 0 spiro atoms. The highest BCUT2D eigenvalue weighted by Gasteiger charge is 2.42. The molecule has 1 saturated heterocycles. The van der Waals surface area contributed by atoms with E-state index in [1.54, 1.807) is 18.9 Å². The minimum Gasteiger partial charge on any atom is -0.468 e. The summed E-state index contributed by atoms with van der Waals surface area (Å²) in [7, 11) is 2.95. The summed E-state index contributed by atoms with van der Waals surface area (Å²) >= 11 is 0. The molecule has 0 bridgehead atoms. The summed E-state index contributed by atoms with van der Waals surface area (Å²) < 4.78 is 42.9. The third-order valence-corrected chi connectivity index (χ3v) is 4.08. The Labute approximate surface area is 117 Å². The lowest BCUT2D eigenvalue weighted by molar-refractivity contribution is -0.187. The van der Waals surface area contributed by atoms with Crippen molar-refractivity contribution in [2.75, 3.05) is 33.8 Å². The number of nitrogens with one attached hydrogen (secondary N) is 1. The number of esters is 1. The molecule has 2 atom stereocenters. The highest BCUT2D eigenvalue weighted by molar-refractivity contribution is 5.80. The van der Waals surface area contributed by atoms with Crippen molar-refractivity contribution in [2.24, 2.45) is 5.92 Å². The van der Waals surface area contributed by atoms with Gasteiger partial charge in [0.2, 0.25) is 0 Å². The average Bonchev–Trinajstić information content (AvgIpc) is 2.43. The fraction of sp³-hybridized carbons (Fsp3) is 0.923. The van der Waals surface area contributed by atoms with Crippen molar-refractivity contribution in [2.45, 2.75) is 37.9 Å². The Morgan fingerprint density at radius 1 is 1.45 bits per heavy atom. The number of ether oxygens (including phenoxy) is 1. The van der Waals surface area contributed by atoms with Gasteiger partial charge in [0.1, 0.15) is 5.54 Å². The number of halogens is 3. The summed E-state index contributed by atoms with van der Waals surface area (Å²) in [4.78, 5) is 13.5. The van der Waals surface area contributed by atoms with Gasteiger partial charge in [0.15, 0.2) is 0 Å². The van der Waals surface area contributed by atoms with E-state index in [1.165, 1.54) is 7.11 Å². The molecular weight excluding hydrogens is 273 g/mol. The van der Waals surface area contributed by atoms with Crippen LogP contribution in [0.4, 0.5) is 13.2 Å². The zero-order valence-corrected chi connectivity index (χ0v) is 12.2. The first-order valence-electron chi connectivity index (χ1n) is 6.79. The molecule has 1 aliphatic rings. The number of likely N-dealkylation sites (tertiary alicyclic amines) is 1. The molecular formula is C13H23F3N2O2. The summed E-state index contributed by atoms with van der Waals surface area (Å²) in [5, 5.41) is 2.89. The first kappa shape index (κ1) is 17.2. The Balaban J connectivity index is 2.54. The van der Waals surface area contributed by atoms with Crippen LogP contribution in [0, 0.1) is 5.92 Å². The molecule has 1 rings (SSSR count). The number of carbonyl (C=O) groups is 1. The normalized spacial score (nSPS) is 24.2. The van der Waals surface area contributed by atoms with Crippen LogP contribution in [0.25, 0.3) is 0 Å². The minimum atomic E-state index is -4.13. The van der Waals surface area contributed by atoms with Gasteiger partial charge >= 0.3 is 12.1 Å². The van der Waals surface area contributed by atoms with E-state index in [9.17, 15) is 18.0 Å². The lowest BCUT2D eigenvalue weighted by atomic mass is 9.94. The Kier molecular flexibility index (Phi) is 5.82. The lowest BCUT2D eigenvalue weighted by Gasteiger charge is -2.35. The van der Waals surface area contributed by atoms with E-state index in [4.69, 9.17) is 4.74 Å². The molecule has 0 amide bonds. The van der Waals surface area contributed by atoms with Crippen LogP contribution in [-0.4, -0.2) is 56.4 Å². The number of methoxy groups -OCH3 is 1. The summed E-state index contributed by atoms with van der Waals surface area (Å²) in [6.07, 6.45) is -2.98. The predicted octanol–water partition coefficient (Wildman–Crippen LogP) is 1.80. The molecule has 0 aromatic rings. The monoisotopic (exact) mass is 296 g/mol. The first-order chi connectivity index (χ1) is 9.23. The molecule has 0 aromatic carbocycles. The molecule has 2 unspecified atom stereocenters. The summed E-state index contributed by atoms with van der Waals surface area (Å²) in [5.74, 6) is -1.65. The highest BCUT2D eigenvalue weighted by Crippen LogP contribution is 2.33. The maximum absolute atomic E-state index is 12.7. The number of carbonyl (C=O) groups excluding carboxylic acids is 1. The van der Waals surface area contributed by atoms with E-state index in [0.717, 1.165) is 0 Å². The van der Waals surface area contributed by atoms with Crippen molar-refractivity contribution in [3.05, 3.63) is 0 Å². The van der Waals surface area contributed by atoms with E-state index >= 15 is 0 Å². The van der Waals surface area contributed by atoms with E-state index in [2.05, 4.69) is 5.32 Å². The van der Waals surface area contributed by atoms with Gasteiger partial charge in [-0.1, -0.05) is 0 Å². The smallest absolute Gasteiger partial charge is 0.393 e. The van der Waals surface area contributed by atoms with Crippen molar-refractivity contribution in [1.82, 2.24) is 10.2 Å². The average molecular weight is 296 g/mol. The van der Waals surface area contributed by atoms with Crippen molar-refractivity contribution in [1.29, 1.82) is 0 Å². The van der Waals surface area contributed by atoms with Crippen molar-refractivity contribution >= 4 is 5.97 Å². The molecule has 1 N–H and O–H groups in total. The second kappa shape index (κ2) is 6.76. The van der Waals surface area contributed by atoms with Crippen LogP contribution < -0.4 is 5.32 Å². The molecule has 7 heteroatoms. The molecule has 1 heterocycles. The molecule has 20 heavy (non-hydrogen) atoms. The quantitative estimate of drug-likeness (QED) is 0.786. The lowest BCUT2D eigenvalue weighted by Crippen LogP contribution is -2.51. The topological polar surface area (TPSA) is 41.6 Å². The molecule has 0 saturated carbocycles. The minimum absolute atomic E-state index is 0.0183. The van der Waals surface area contributed by atoms with E-state index < -0.39 is 23.6 Å². The fourth-order valence-electron chi connectivity index (χ4n) is 2.46. The molecule has 118 valence electrons. The van der Waals surface area contributed by atoms with E-state index in [0.29, 0.717) is 25.9 Å². The van der Waals surface area contributed by atoms with Gasteiger partial charge in [0.05, 0.1) is 13.0 Å². The third-order valence-electron chi connectivity index (χ3n) is 4.08. The van der Waals surface area contributed by atoms with Crippen molar-refractivity contribution in [3.63, 3.8) is 0 Å². The second-order valence-corrected chi connectivity index (χ2v) is 5.51. The van der Waals surface area contributed by atoms with Crippen LogP contribution in [-0.2, 0) is 9.53 Å². The van der Waals surface area contributed by atoms with Crippen LogP contribution in [0.3, 0.4) is 0 Å². The van der Waals surface area contributed by atoms with Gasteiger partial charge in [0, 0.05) is 13.1 Å². The van der Waals surface area contributed by atoms with Gasteiger partial charge in [-0.25, -0.2) is 0 Å². The van der Waals surface area contributed by atoms with Crippen LogP contribution in [0.2, 0.25) is 0 Å². The highest BCUT2D eigenvalue weighted by atomic mass is 19.4. The Bertz CT molecular complexity index is 336. The molecule has 4 nitrogen and oxygen atoms in total. The fourth-order valence-corrected chi connectivity index (χ4v) is 2.46. The van der Waals surface area contributed by atoms with Crippen LogP contribution in [0.5, 0.6) is 0 Å². The number of likely N-dealkylation sites (N-methyl/N-ethyl adjacent to an activating group) is 1. The van der Waals surface area contributed by atoms with Crippen molar-refractivity contribution in [3.8, 4) is 0 Å². The summed E-state index contributed by atoms with van der Waals surface area (Å²) in [6.45, 7) is 2.81. The zero-order chi connectivity index (χ0) is 15.4. The Morgan fingerprint density at radius 3 is 2.60 bits per heavy atom. The SMILES string of the molecule is CNC(C)(CCN1CCCC(C(F)(F)F)C1)C(=O)OC. The molecule has 0 aromatic heterocycles. The van der Waals surface area contributed by atoms with E-state index in [-0.39, 0.29) is 13.0 Å². The maximum Gasteiger partial charge on any atom is 0.393 e. The van der Waals surface area contributed by atoms with Crippen molar-refractivity contribution < 1.29 is 22.7 Å². The molecule has 1 fully saturated rings. The molecule has 0 radical (unpaired) electrons. The Hall–Kier alpha value is -0.820. The summed E-state index contributed by atoms with van der Waals surface area (Å²) in [6, 6.07) is 0. The standard InChI is InChI=1S/C13H23F3N2O2/c1-12(17-2,11(19)20-3)6-8-18-7-4-5-10(9-18)13(14,15)16/h10,17H,4-9H2,1-3H3. The largest absolute Gasteiger partial charge is 0.468 e. The third kappa shape index (κ3) is 4.34. The van der Waals surface area contributed by atoms with Crippen LogP contribution >= 0.6 is 0 Å². The van der Waals surface area contributed by atoms with Gasteiger partial charge in [-0.05, 0) is 39.8 Å². The number of hydrogen-bond donors (Lipinski definition) is 1. The zero-order valence-electron chi connectivity index (χ0n) is 12.2. The number of nitrogens with zero attached hydrogens (tertiary/aromatic N) is 1. The van der Waals surface area contributed by atoms with Gasteiger partial charge in [-0.3, -0.25) is 4.79 Å². The number of alkyl halides is 3. The van der Waals surface area contributed by atoms with Crippen LogP contribution in [0.1, 0.15) is 26.2 Å².